The number of rotatable bonds is 3. The molecule has 0 aliphatic carbocycles. The second-order valence-electron chi connectivity index (χ2n) is 5.64. The number of likely N-dealkylation sites (tertiary alicyclic amines) is 1. The fourth-order valence-electron chi connectivity index (χ4n) is 2.32. The minimum absolute atomic E-state index is 0.125. The van der Waals surface area contributed by atoms with Gasteiger partial charge in [0.05, 0.1) is 11.1 Å². The van der Waals surface area contributed by atoms with Gasteiger partial charge in [0.1, 0.15) is 5.82 Å². The number of alkyl halides is 3. The van der Waals surface area contributed by atoms with Crippen LogP contribution in [0.3, 0.4) is 0 Å². The summed E-state index contributed by atoms with van der Waals surface area (Å²) in [6.07, 6.45) is -1.60. The molecule has 0 atom stereocenters. The van der Waals surface area contributed by atoms with Crippen molar-refractivity contribution in [3.8, 4) is 0 Å². The largest absolute Gasteiger partial charge is 0.417 e. The Morgan fingerprint density at radius 2 is 1.86 bits per heavy atom. The highest BCUT2D eigenvalue weighted by Crippen LogP contribution is 2.29. The third-order valence-corrected chi connectivity index (χ3v) is 3.78. The van der Waals surface area contributed by atoms with Gasteiger partial charge < -0.3 is 5.32 Å². The van der Waals surface area contributed by atoms with Crippen LogP contribution in [0, 0.1) is 0 Å². The van der Waals surface area contributed by atoms with Gasteiger partial charge in [-0.2, -0.15) is 13.2 Å². The van der Waals surface area contributed by atoms with E-state index in [1.54, 1.807) is 13.8 Å². The Kier molecular flexibility index (Phi) is 4.22. The van der Waals surface area contributed by atoms with Crippen molar-refractivity contribution in [2.75, 3.05) is 18.4 Å². The summed E-state index contributed by atoms with van der Waals surface area (Å²) in [4.78, 5) is 18.0. The molecule has 0 unspecified atom stereocenters. The third-order valence-electron chi connectivity index (χ3n) is 3.78. The molecule has 116 valence electrons. The fourth-order valence-corrected chi connectivity index (χ4v) is 2.32. The first kappa shape index (κ1) is 15.8. The Bertz CT molecular complexity index is 505. The van der Waals surface area contributed by atoms with Gasteiger partial charge in [0.25, 0.3) is 0 Å². The number of carbonyl (C=O) groups is 1. The highest BCUT2D eigenvalue weighted by atomic mass is 19.4. The van der Waals surface area contributed by atoms with E-state index in [0.29, 0.717) is 0 Å². The molecule has 1 N–H and O–H groups in total. The van der Waals surface area contributed by atoms with E-state index in [9.17, 15) is 18.0 Å². The highest BCUT2D eigenvalue weighted by molar-refractivity contribution is 5.96. The standard InChI is InChI=1S/C14H18F3N3O/c1-13(2,20-7-3-4-8-20)12(21)19-11-6-5-10(9-18-11)14(15,16)17/h5-6,9H,3-4,7-8H2,1-2H3,(H,18,19,21). The van der Waals surface area contributed by atoms with Crippen molar-refractivity contribution in [1.82, 2.24) is 9.88 Å². The van der Waals surface area contributed by atoms with Crippen molar-refractivity contribution in [2.45, 2.75) is 38.4 Å². The van der Waals surface area contributed by atoms with Crippen molar-refractivity contribution >= 4 is 11.7 Å². The lowest BCUT2D eigenvalue weighted by Gasteiger charge is -2.33. The van der Waals surface area contributed by atoms with E-state index in [1.807, 2.05) is 0 Å². The number of pyridine rings is 1. The lowest BCUT2D eigenvalue weighted by Crippen LogP contribution is -2.51. The molecule has 0 aromatic carbocycles. The van der Waals surface area contributed by atoms with Crippen molar-refractivity contribution in [1.29, 1.82) is 0 Å². The topological polar surface area (TPSA) is 45.2 Å². The minimum Gasteiger partial charge on any atom is -0.309 e. The smallest absolute Gasteiger partial charge is 0.309 e. The predicted octanol–water partition coefficient (Wildman–Crippen LogP) is 2.91. The number of hydrogen-bond acceptors (Lipinski definition) is 3. The van der Waals surface area contributed by atoms with Crippen molar-refractivity contribution in [3.63, 3.8) is 0 Å². The average molecular weight is 301 g/mol. The molecule has 1 aliphatic heterocycles. The quantitative estimate of drug-likeness (QED) is 0.933. The summed E-state index contributed by atoms with van der Waals surface area (Å²) in [5.41, 5.74) is -1.54. The molecule has 0 bridgehead atoms. The van der Waals surface area contributed by atoms with Crippen LogP contribution >= 0.6 is 0 Å². The molecule has 21 heavy (non-hydrogen) atoms. The van der Waals surface area contributed by atoms with Crippen LogP contribution in [-0.4, -0.2) is 34.4 Å². The van der Waals surface area contributed by atoms with Crippen molar-refractivity contribution in [2.24, 2.45) is 0 Å². The van der Waals surface area contributed by atoms with Crippen LogP contribution in [0.2, 0.25) is 0 Å². The number of amides is 1. The monoisotopic (exact) mass is 301 g/mol. The van der Waals surface area contributed by atoms with Gasteiger partial charge >= 0.3 is 6.18 Å². The van der Waals surface area contributed by atoms with E-state index < -0.39 is 17.3 Å². The number of carbonyl (C=O) groups excluding carboxylic acids is 1. The molecule has 0 radical (unpaired) electrons. The summed E-state index contributed by atoms with van der Waals surface area (Å²) in [5, 5.41) is 2.58. The lowest BCUT2D eigenvalue weighted by molar-refractivity contribution is -0.137. The molecule has 1 amide bonds. The fraction of sp³-hybridized carbons (Fsp3) is 0.571. The Morgan fingerprint density at radius 3 is 2.33 bits per heavy atom. The molecule has 1 aliphatic rings. The molecular formula is C14H18F3N3O. The molecule has 1 aromatic heterocycles. The number of hydrogen-bond donors (Lipinski definition) is 1. The second-order valence-corrected chi connectivity index (χ2v) is 5.64. The van der Waals surface area contributed by atoms with Gasteiger partial charge in [0.2, 0.25) is 5.91 Å². The van der Waals surface area contributed by atoms with Crippen LogP contribution in [0.25, 0.3) is 0 Å². The van der Waals surface area contributed by atoms with E-state index in [1.165, 1.54) is 6.07 Å². The molecule has 2 rings (SSSR count). The van der Waals surface area contributed by atoms with Crippen LogP contribution in [0.1, 0.15) is 32.3 Å². The second kappa shape index (κ2) is 5.63. The number of nitrogens with zero attached hydrogens (tertiary/aromatic N) is 2. The predicted molar refractivity (Wildman–Crippen MR) is 72.8 cm³/mol. The van der Waals surface area contributed by atoms with E-state index in [2.05, 4.69) is 15.2 Å². The Labute approximate surface area is 121 Å². The first-order valence-corrected chi connectivity index (χ1v) is 6.81. The first-order valence-electron chi connectivity index (χ1n) is 6.81. The molecular weight excluding hydrogens is 283 g/mol. The van der Waals surface area contributed by atoms with Crippen molar-refractivity contribution < 1.29 is 18.0 Å². The van der Waals surface area contributed by atoms with Crippen LogP contribution in [0.4, 0.5) is 19.0 Å². The molecule has 1 fully saturated rings. The summed E-state index contributed by atoms with van der Waals surface area (Å²) in [6.45, 7) is 5.30. The normalized spacial score (nSPS) is 17.0. The van der Waals surface area contributed by atoms with Gasteiger partial charge in [-0.05, 0) is 51.9 Å². The number of nitrogens with one attached hydrogen (secondary N) is 1. The van der Waals surface area contributed by atoms with E-state index >= 15 is 0 Å². The number of anilines is 1. The Balaban J connectivity index is 2.05. The van der Waals surface area contributed by atoms with Crippen LogP contribution in [-0.2, 0) is 11.0 Å². The number of halogens is 3. The zero-order chi connectivity index (χ0) is 15.7. The molecule has 0 spiro atoms. The van der Waals surface area contributed by atoms with Gasteiger partial charge in [-0.15, -0.1) is 0 Å². The molecule has 7 heteroatoms. The molecule has 1 saturated heterocycles. The van der Waals surface area contributed by atoms with Gasteiger partial charge in [-0.25, -0.2) is 4.98 Å². The summed E-state index contributed by atoms with van der Waals surface area (Å²) in [5.74, 6) is -0.142. The van der Waals surface area contributed by atoms with Gasteiger partial charge in [0, 0.05) is 6.20 Å². The molecule has 2 heterocycles. The molecule has 4 nitrogen and oxygen atoms in total. The number of aromatic nitrogens is 1. The van der Waals surface area contributed by atoms with Crippen LogP contribution in [0.15, 0.2) is 18.3 Å². The Morgan fingerprint density at radius 1 is 1.24 bits per heavy atom. The maximum atomic E-state index is 12.4. The van der Waals surface area contributed by atoms with Crippen molar-refractivity contribution in [3.05, 3.63) is 23.9 Å². The maximum absolute atomic E-state index is 12.4. The summed E-state index contributed by atoms with van der Waals surface area (Å²) in [7, 11) is 0. The maximum Gasteiger partial charge on any atom is 0.417 e. The summed E-state index contributed by atoms with van der Waals surface area (Å²) >= 11 is 0. The zero-order valence-corrected chi connectivity index (χ0v) is 12.0. The van der Waals surface area contributed by atoms with Crippen LogP contribution in [0.5, 0.6) is 0 Å². The van der Waals surface area contributed by atoms with Crippen LogP contribution < -0.4 is 5.32 Å². The van der Waals surface area contributed by atoms with E-state index in [0.717, 1.165) is 38.2 Å². The average Bonchev–Trinajstić information content (AvgIpc) is 2.92. The minimum atomic E-state index is -4.43. The van der Waals surface area contributed by atoms with Gasteiger partial charge in [-0.3, -0.25) is 9.69 Å². The third kappa shape index (κ3) is 3.53. The Hall–Kier alpha value is -1.63. The van der Waals surface area contributed by atoms with Gasteiger partial charge in [-0.1, -0.05) is 0 Å². The van der Waals surface area contributed by atoms with E-state index in [4.69, 9.17) is 0 Å². The van der Waals surface area contributed by atoms with Gasteiger partial charge in [0.15, 0.2) is 0 Å². The SMILES string of the molecule is CC(C)(C(=O)Nc1ccc(C(F)(F)F)cn1)N1CCCC1. The zero-order valence-electron chi connectivity index (χ0n) is 12.0. The lowest BCUT2D eigenvalue weighted by atomic mass is 10.0. The molecule has 1 aromatic rings. The highest BCUT2D eigenvalue weighted by Gasteiger charge is 2.36. The summed E-state index contributed by atoms with van der Waals surface area (Å²) in [6, 6.07) is 2.08. The summed E-state index contributed by atoms with van der Waals surface area (Å²) < 4.78 is 37.3. The first-order chi connectivity index (χ1) is 9.71. The van der Waals surface area contributed by atoms with E-state index in [-0.39, 0.29) is 11.7 Å². The molecule has 0 saturated carbocycles.